The summed E-state index contributed by atoms with van der Waals surface area (Å²) in [5.74, 6) is 1.05. The van der Waals surface area contributed by atoms with Crippen molar-refractivity contribution in [2.45, 2.75) is 40.0 Å². The van der Waals surface area contributed by atoms with Crippen LogP contribution >= 0.6 is 15.9 Å². The number of rotatable bonds is 7. The summed E-state index contributed by atoms with van der Waals surface area (Å²) in [6.07, 6.45) is 3.49. The maximum atomic E-state index is 5.55. The maximum absolute atomic E-state index is 5.55. The van der Waals surface area contributed by atoms with Crippen molar-refractivity contribution in [3.63, 3.8) is 0 Å². The molecule has 0 spiro atoms. The van der Waals surface area contributed by atoms with Crippen LogP contribution in [0.1, 0.15) is 36.5 Å². The van der Waals surface area contributed by atoms with Crippen molar-refractivity contribution < 1.29 is 4.74 Å². The van der Waals surface area contributed by atoms with Crippen molar-refractivity contribution in [1.82, 2.24) is 5.32 Å². The molecule has 0 radical (unpaired) electrons. The summed E-state index contributed by atoms with van der Waals surface area (Å²) < 4.78 is 6.74. The molecule has 0 saturated heterocycles. The fraction of sp³-hybridized carbons (Fsp3) is 0.600. The van der Waals surface area contributed by atoms with Gasteiger partial charge >= 0.3 is 0 Å². The molecular formula is C15H24BrNO. The van der Waals surface area contributed by atoms with Gasteiger partial charge in [-0.2, -0.15) is 0 Å². The number of hydrogen-bond donors (Lipinski definition) is 1. The van der Waals surface area contributed by atoms with Gasteiger partial charge in [0.25, 0.3) is 0 Å². The maximum Gasteiger partial charge on any atom is 0.125 e. The van der Waals surface area contributed by atoms with Gasteiger partial charge in [0.05, 0.1) is 7.11 Å². The number of halogens is 1. The number of benzene rings is 1. The lowest BCUT2D eigenvalue weighted by molar-refractivity contribution is 0.405. The summed E-state index contributed by atoms with van der Waals surface area (Å²) >= 11 is 3.63. The number of methoxy groups -OCH3 is 1. The molecule has 3 heteroatoms. The third-order valence-electron chi connectivity index (χ3n) is 3.27. The van der Waals surface area contributed by atoms with Gasteiger partial charge in [0, 0.05) is 4.47 Å². The van der Waals surface area contributed by atoms with Crippen molar-refractivity contribution in [3.8, 4) is 5.75 Å². The molecule has 0 saturated carbocycles. The Morgan fingerprint density at radius 1 is 1.28 bits per heavy atom. The monoisotopic (exact) mass is 313 g/mol. The van der Waals surface area contributed by atoms with E-state index >= 15 is 0 Å². The standard InChI is InChI=1S/C15H24BrNO/c1-5-17-9-7-6-8-13-12(3)14(16)10-11(2)15(13)18-4/h10,17H,5-9H2,1-4H3. The third-order valence-corrected chi connectivity index (χ3v) is 4.09. The Bertz CT molecular complexity index is 391. The van der Waals surface area contributed by atoms with E-state index in [4.69, 9.17) is 4.74 Å². The highest BCUT2D eigenvalue weighted by Crippen LogP contribution is 2.33. The van der Waals surface area contributed by atoms with E-state index in [0.717, 1.165) is 25.3 Å². The lowest BCUT2D eigenvalue weighted by atomic mass is 9.99. The molecule has 1 rings (SSSR count). The van der Waals surface area contributed by atoms with Gasteiger partial charge in [-0.05, 0) is 69.0 Å². The molecule has 0 aliphatic heterocycles. The van der Waals surface area contributed by atoms with E-state index in [9.17, 15) is 0 Å². The minimum absolute atomic E-state index is 1.05. The van der Waals surface area contributed by atoms with Crippen LogP contribution in [0, 0.1) is 13.8 Å². The van der Waals surface area contributed by atoms with Crippen LogP contribution in [0.4, 0.5) is 0 Å². The first-order valence-electron chi connectivity index (χ1n) is 6.65. The van der Waals surface area contributed by atoms with E-state index in [1.165, 1.54) is 34.0 Å². The molecule has 0 aromatic heterocycles. The van der Waals surface area contributed by atoms with Gasteiger partial charge in [-0.3, -0.25) is 0 Å². The summed E-state index contributed by atoms with van der Waals surface area (Å²) in [5, 5.41) is 3.36. The van der Waals surface area contributed by atoms with Crippen LogP contribution in [0.5, 0.6) is 5.75 Å². The summed E-state index contributed by atoms with van der Waals surface area (Å²) in [7, 11) is 1.76. The summed E-state index contributed by atoms with van der Waals surface area (Å²) in [6, 6.07) is 2.14. The number of hydrogen-bond acceptors (Lipinski definition) is 2. The first kappa shape index (κ1) is 15.5. The Hall–Kier alpha value is -0.540. The van der Waals surface area contributed by atoms with E-state index in [2.05, 4.69) is 48.1 Å². The Morgan fingerprint density at radius 3 is 2.61 bits per heavy atom. The van der Waals surface area contributed by atoms with Crippen molar-refractivity contribution in [1.29, 1.82) is 0 Å². The molecule has 0 aliphatic rings. The van der Waals surface area contributed by atoms with Gasteiger partial charge in [-0.1, -0.05) is 22.9 Å². The molecule has 0 fully saturated rings. The van der Waals surface area contributed by atoms with Gasteiger partial charge in [0.2, 0.25) is 0 Å². The molecule has 1 aromatic rings. The van der Waals surface area contributed by atoms with Crippen molar-refractivity contribution >= 4 is 15.9 Å². The highest BCUT2D eigenvalue weighted by atomic mass is 79.9. The highest BCUT2D eigenvalue weighted by Gasteiger charge is 2.12. The molecule has 2 nitrogen and oxygen atoms in total. The van der Waals surface area contributed by atoms with Gasteiger partial charge < -0.3 is 10.1 Å². The number of unbranched alkanes of at least 4 members (excludes halogenated alkanes) is 1. The topological polar surface area (TPSA) is 21.3 Å². The van der Waals surface area contributed by atoms with Crippen LogP contribution in [0.15, 0.2) is 10.5 Å². The van der Waals surface area contributed by atoms with Crippen molar-refractivity contribution in [2.24, 2.45) is 0 Å². The zero-order chi connectivity index (χ0) is 13.5. The van der Waals surface area contributed by atoms with Crippen LogP contribution in [0.25, 0.3) is 0 Å². The SMILES string of the molecule is CCNCCCCc1c(C)c(Br)cc(C)c1OC. The second kappa shape index (κ2) is 7.80. The molecule has 0 aliphatic carbocycles. The summed E-state index contributed by atoms with van der Waals surface area (Å²) in [5.41, 5.74) is 3.86. The Balaban J connectivity index is 2.74. The predicted octanol–water partition coefficient (Wildman–Crippen LogP) is 4.01. The number of aryl methyl sites for hydroxylation is 1. The fourth-order valence-electron chi connectivity index (χ4n) is 2.23. The molecule has 18 heavy (non-hydrogen) atoms. The van der Waals surface area contributed by atoms with E-state index < -0.39 is 0 Å². The summed E-state index contributed by atoms with van der Waals surface area (Å²) in [6.45, 7) is 8.56. The van der Waals surface area contributed by atoms with Gasteiger partial charge in [-0.25, -0.2) is 0 Å². The van der Waals surface area contributed by atoms with E-state index in [1.54, 1.807) is 7.11 Å². The quantitative estimate of drug-likeness (QED) is 0.768. The van der Waals surface area contributed by atoms with Crippen molar-refractivity contribution in [2.75, 3.05) is 20.2 Å². The first-order chi connectivity index (χ1) is 8.61. The van der Waals surface area contributed by atoms with Crippen LogP contribution < -0.4 is 10.1 Å². The minimum Gasteiger partial charge on any atom is -0.496 e. The van der Waals surface area contributed by atoms with Crippen LogP contribution in [-0.2, 0) is 6.42 Å². The minimum atomic E-state index is 1.05. The average molecular weight is 314 g/mol. The number of ether oxygens (including phenoxy) is 1. The van der Waals surface area contributed by atoms with Gasteiger partial charge in [0.15, 0.2) is 0 Å². The molecule has 0 amide bonds. The molecule has 0 heterocycles. The van der Waals surface area contributed by atoms with Gasteiger partial charge in [-0.15, -0.1) is 0 Å². The third kappa shape index (κ3) is 3.99. The first-order valence-corrected chi connectivity index (χ1v) is 7.44. The van der Waals surface area contributed by atoms with E-state index in [1.807, 2.05) is 0 Å². The smallest absolute Gasteiger partial charge is 0.125 e. The van der Waals surface area contributed by atoms with E-state index in [0.29, 0.717) is 0 Å². The molecule has 0 unspecified atom stereocenters. The lowest BCUT2D eigenvalue weighted by Gasteiger charge is -2.16. The molecule has 0 atom stereocenters. The molecule has 1 aromatic carbocycles. The molecule has 0 bridgehead atoms. The normalized spacial score (nSPS) is 10.7. The Morgan fingerprint density at radius 2 is 2.00 bits per heavy atom. The zero-order valence-corrected chi connectivity index (χ0v) is 13.5. The highest BCUT2D eigenvalue weighted by molar-refractivity contribution is 9.10. The molecule has 102 valence electrons. The van der Waals surface area contributed by atoms with Crippen LogP contribution in [-0.4, -0.2) is 20.2 Å². The number of nitrogens with one attached hydrogen (secondary N) is 1. The zero-order valence-electron chi connectivity index (χ0n) is 11.9. The second-order valence-corrected chi connectivity index (χ2v) is 5.48. The van der Waals surface area contributed by atoms with Crippen LogP contribution in [0.3, 0.4) is 0 Å². The van der Waals surface area contributed by atoms with Crippen molar-refractivity contribution in [3.05, 3.63) is 27.2 Å². The average Bonchev–Trinajstić information content (AvgIpc) is 2.35. The predicted molar refractivity (Wildman–Crippen MR) is 81.6 cm³/mol. The molecule has 1 N–H and O–H groups in total. The summed E-state index contributed by atoms with van der Waals surface area (Å²) in [4.78, 5) is 0. The lowest BCUT2D eigenvalue weighted by Crippen LogP contribution is -2.14. The second-order valence-electron chi connectivity index (χ2n) is 4.62. The van der Waals surface area contributed by atoms with Crippen LogP contribution in [0.2, 0.25) is 0 Å². The molecular weight excluding hydrogens is 290 g/mol. The fourth-order valence-corrected chi connectivity index (χ4v) is 2.81. The Kier molecular flexibility index (Phi) is 6.72. The largest absolute Gasteiger partial charge is 0.496 e. The van der Waals surface area contributed by atoms with Gasteiger partial charge in [0.1, 0.15) is 5.75 Å². The Labute approximate surface area is 119 Å². The van der Waals surface area contributed by atoms with E-state index in [-0.39, 0.29) is 0 Å².